The van der Waals surface area contributed by atoms with Crippen LogP contribution in [0.1, 0.15) is 5.56 Å². The van der Waals surface area contributed by atoms with Gasteiger partial charge in [-0.3, -0.25) is 0 Å². The fraction of sp³-hybridized carbons (Fsp3) is 0.0625. The first-order valence-electron chi connectivity index (χ1n) is 6.31. The van der Waals surface area contributed by atoms with E-state index in [-0.39, 0.29) is 5.88 Å². The molecule has 0 fully saturated rings. The monoisotopic (exact) mass is 266 g/mol. The third-order valence-corrected chi connectivity index (χ3v) is 3.27. The summed E-state index contributed by atoms with van der Waals surface area (Å²) in [6.45, 7) is 2.00. The quantitative estimate of drug-likeness (QED) is 0.745. The molecule has 0 bridgehead atoms. The van der Waals surface area contributed by atoms with Crippen LogP contribution in [-0.4, -0.2) is 0 Å². The molecule has 0 saturated heterocycles. The molecule has 3 N–H and O–H groups in total. The molecule has 0 aliphatic carbocycles. The standard InChI is InChI=1S/C16H14N2O2/c1-10-6-2-5-9-13(10)18-14-11-7-3-4-8-12(11)16(19)20-15(14)17/h2-9,18H,17H2,1H3. The third kappa shape index (κ3) is 2.01. The van der Waals surface area contributed by atoms with Crippen molar-refractivity contribution in [3.63, 3.8) is 0 Å². The molecule has 1 heterocycles. The first kappa shape index (κ1) is 12.3. The largest absolute Gasteiger partial charge is 0.404 e. The summed E-state index contributed by atoms with van der Waals surface area (Å²) >= 11 is 0. The number of anilines is 3. The summed E-state index contributed by atoms with van der Waals surface area (Å²) in [4.78, 5) is 11.8. The molecule has 0 aliphatic heterocycles. The van der Waals surface area contributed by atoms with Crippen LogP contribution in [0.25, 0.3) is 10.8 Å². The fourth-order valence-corrected chi connectivity index (χ4v) is 2.19. The average molecular weight is 266 g/mol. The van der Waals surface area contributed by atoms with Crippen molar-refractivity contribution in [3.8, 4) is 0 Å². The predicted octanol–water partition coefficient (Wildman–Crippen LogP) is 3.43. The van der Waals surface area contributed by atoms with Crippen molar-refractivity contribution in [2.24, 2.45) is 0 Å². The van der Waals surface area contributed by atoms with Crippen LogP contribution in [-0.2, 0) is 0 Å². The molecule has 100 valence electrons. The van der Waals surface area contributed by atoms with Crippen molar-refractivity contribution in [1.82, 2.24) is 0 Å². The summed E-state index contributed by atoms with van der Waals surface area (Å²) in [6, 6.07) is 15.1. The van der Waals surface area contributed by atoms with Crippen molar-refractivity contribution in [3.05, 3.63) is 64.5 Å². The number of aryl methyl sites for hydroxylation is 1. The van der Waals surface area contributed by atoms with E-state index in [9.17, 15) is 4.79 Å². The lowest BCUT2D eigenvalue weighted by molar-refractivity contribution is 0.542. The van der Waals surface area contributed by atoms with Gasteiger partial charge < -0.3 is 15.5 Å². The molecule has 0 spiro atoms. The summed E-state index contributed by atoms with van der Waals surface area (Å²) in [5, 5.41) is 4.52. The normalized spacial score (nSPS) is 10.7. The highest BCUT2D eigenvalue weighted by atomic mass is 16.4. The first-order chi connectivity index (χ1) is 9.66. The van der Waals surface area contributed by atoms with Crippen LogP contribution in [0.4, 0.5) is 17.3 Å². The molecule has 0 radical (unpaired) electrons. The molecule has 20 heavy (non-hydrogen) atoms. The van der Waals surface area contributed by atoms with Gasteiger partial charge in [-0.1, -0.05) is 36.4 Å². The Morgan fingerprint density at radius 2 is 1.65 bits per heavy atom. The maximum atomic E-state index is 11.8. The number of nitrogens with one attached hydrogen (secondary N) is 1. The Morgan fingerprint density at radius 1 is 1.00 bits per heavy atom. The summed E-state index contributed by atoms with van der Waals surface area (Å²) in [5.41, 5.74) is 8.07. The predicted molar refractivity (Wildman–Crippen MR) is 81.4 cm³/mol. The topological polar surface area (TPSA) is 68.3 Å². The van der Waals surface area contributed by atoms with E-state index in [1.807, 2.05) is 43.3 Å². The third-order valence-electron chi connectivity index (χ3n) is 3.27. The highest BCUT2D eigenvalue weighted by molar-refractivity contribution is 5.98. The van der Waals surface area contributed by atoms with Gasteiger partial charge in [0.05, 0.1) is 5.39 Å². The Balaban J connectivity index is 2.22. The molecule has 3 rings (SSSR count). The van der Waals surface area contributed by atoms with Gasteiger partial charge in [0.2, 0.25) is 5.88 Å². The highest BCUT2D eigenvalue weighted by Gasteiger charge is 2.11. The zero-order chi connectivity index (χ0) is 14.1. The number of hydrogen-bond donors (Lipinski definition) is 2. The van der Waals surface area contributed by atoms with Gasteiger partial charge in [-0.05, 0) is 24.6 Å². The van der Waals surface area contributed by atoms with Crippen molar-refractivity contribution in [1.29, 1.82) is 0 Å². The Kier molecular flexibility index (Phi) is 2.91. The summed E-state index contributed by atoms with van der Waals surface area (Å²) < 4.78 is 5.09. The molecule has 3 aromatic rings. The van der Waals surface area contributed by atoms with E-state index in [0.717, 1.165) is 16.6 Å². The SMILES string of the molecule is Cc1ccccc1Nc1c(N)oc(=O)c2ccccc12. The van der Waals surface area contributed by atoms with Crippen LogP contribution in [0, 0.1) is 6.92 Å². The Hall–Kier alpha value is -2.75. The lowest BCUT2D eigenvalue weighted by Gasteiger charge is -2.12. The zero-order valence-electron chi connectivity index (χ0n) is 11.0. The van der Waals surface area contributed by atoms with E-state index >= 15 is 0 Å². The average Bonchev–Trinajstić information content (AvgIpc) is 2.45. The second-order valence-corrected chi connectivity index (χ2v) is 4.61. The second kappa shape index (κ2) is 4.74. The number of nitrogens with two attached hydrogens (primary N) is 1. The first-order valence-corrected chi connectivity index (χ1v) is 6.31. The molecule has 0 unspecified atom stereocenters. The van der Waals surface area contributed by atoms with Gasteiger partial charge in [-0.2, -0.15) is 0 Å². The molecule has 1 aromatic heterocycles. The summed E-state index contributed by atoms with van der Waals surface area (Å²) in [5.74, 6) is 0.0944. The molecule has 4 nitrogen and oxygen atoms in total. The Labute approximate surface area is 115 Å². The number of para-hydroxylation sites is 1. The van der Waals surface area contributed by atoms with Crippen LogP contribution in [0.5, 0.6) is 0 Å². The van der Waals surface area contributed by atoms with Gasteiger partial charge in [0, 0.05) is 11.1 Å². The number of benzene rings is 2. The molecule has 0 amide bonds. The molecule has 0 saturated carbocycles. The summed E-state index contributed by atoms with van der Waals surface area (Å²) in [7, 11) is 0. The van der Waals surface area contributed by atoms with Crippen molar-refractivity contribution in [2.45, 2.75) is 6.92 Å². The number of nitrogen functional groups attached to an aromatic ring is 1. The molecule has 0 atom stereocenters. The Bertz CT molecular complexity index is 837. The minimum Gasteiger partial charge on any atom is -0.404 e. The van der Waals surface area contributed by atoms with Crippen LogP contribution >= 0.6 is 0 Å². The highest BCUT2D eigenvalue weighted by Crippen LogP contribution is 2.30. The molecule has 2 aromatic carbocycles. The zero-order valence-corrected chi connectivity index (χ0v) is 11.0. The van der Waals surface area contributed by atoms with Crippen molar-refractivity contribution in [2.75, 3.05) is 11.1 Å². The van der Waals surface area contributed by atoms with Crippen molar-refractivity contribution < 1.29 is 4.42 Å². The van der Waals surface area contributed by atoms with E-state index < -0.39 is 5.63 Å². The maximum absolute atomic E-state index is 11.8. The number of hydrogen-bond acceptors (Lipinski definition) is 4. The van der Waals surface area contributed by atoms with E-state index in [4.69, 9.17) is 10.2 Å². The van der Waals surface area contributed by atoms with E-state index in [1.165, 1.54) is 0 Å². The summed E-state index contributed by atoms with van der Waals surface area (Å²) in [6.07, 6.45) is 0. The van der Waals surface area contributed by atoms with E-state index in [1.54, 1.807) is 12.1 Å². The number of rotatable bonds is 2. The van der Waals surface area contributed by atoms with Crippen molar-refractivity contribution >= 4 is 28.0 Å². The van der Waals surface area contributed by atoms with Gasteiger partial charge in [0.1, 0.15) is 5.69 Å². The van der Waals surface area contributed by atoms with Gasteiger partial charge in [0.15, 0.2) is 0 Å². The lowest BCUT2D eigenvalue weighted by Crippen LogP contribution is -2.06. The lowest BCUT2D eigenvalue weighted by atomic mass is 10.1. The fourth-order valence-electron chi connectivity index (χ4n) is 2.19. The van der Waals surface area contributed by atoms with Gasteiger partial charge in [-0.15, -0.1) is 0 Å². The molecule has 4 heteroatoms. The van der Waals surface area contributed by atoms with Gasteiger partial charge >= 0.3 is 5.63 Å². The van der Waals surface area contributed by atoms with Gasteiger partial charge in [0.25, 0.3) is 0 Å². The molecular formula is C16H14N2O2. The van der Waals surface area contributed by atoms with Crippen LogP contribution < -0.4 is 16.7 Å². The van der Waals surface area contributed by atoms with Crippen LogP contribution in [0.3, 0.4) is 0 Å². The van der Waals surface area contributed by atoms with Crippen LogP contribution in [0.15, 0.2) is 57.7 Å². The van der Waals surface area contributed by atoms with Crippen LogP contribution in [0.2, 0.25) is 0 Å². The van der Waals surface area contributed by atoms with Gasteiger partial charge in [-0.25, -0.2) is 4.79 Å². The van der Waals surface area contributed by atoms with E-state index in [2.05, 4.69) is 5.32 Å². The smallest absolute Gasteiger partial charge is 0.345 e. The minimum absolute atomic E-state index is 0.0944. The minimum atomic E-state index is -0.423. The number of fused-ring (bicyclic) bond motifs is 1. The molecule has 0 aliphatic rings. The Morgan fingerprint density at radius 3 is 2.40 bits per heavy atom. The second-order valence-electron chi connectivity index (χ2n) is 4.61. The molecular weight excluding hydrogens is 252 g/mol. The maximum Gasteiger partial charge on any atom is 0.345 e. The van der Waals surface area contributed by atoms with E-state index in [0.29, 0.717) is 11.1 Å².